The number of hydrogen-bond donors (Lipinski definition) is 0. The Morgan fingerprint density at radius 1 is 0.442 bits per heavy atom. The molecule has 0 atom stereocenters. The van der Waals surface area contributed by atoms with Crippen LogP contribution in [0.25, 0.3) is 76.9 Å². The van der Waals surface area contributed by atoms with E-state index in [0.717, 1.165) is 50.2 Å². The monoisotopic (exact) mass is 683 g/mol. The largest absolute Gasteiger partial charge is 0.456 e. The molecule has 0 N–H and O–H groups in total. The van der Waals surface area contributed by atoms with Crippen LogP contribution in [0.4, 0.5) is 17.1 Å². The van der Waals surface area contributed by atoms with E-state index in [4.69, 9.17) is 8.83 Å². The number of anilines is 3. The van der Waals surface area contributed by atoms with Crippen molar-refractivity contribution in [3.05, 3.63) is 164 Å². The van der Waals surface area contributed by atoms with E-state index < -0.39 is 8.07 Å². The summed E-state index contributed by atoms with van der Waals surface area (Å²) < 4.78 is 12.8. The second kappa shape index (κ2) is 10.8. The highest BCUT2D eigenvalue weighted by Crippen LogP contribution is 2.46. The van der Waals surface area contributed by atoms with Gasteiger partial charge in [-0.2, -0.15) is 0 Å². The van der Waals surface area contributed by atoms with Crippen molar-refractivity contribution in [2.24, 2.45) is 0 Å². The Balaban J connectivity index is 1.17. The van der Waals surface area contributed by atoms with E-state index in [9.17, 15) is 0 Å². The van der Waals surface area contributed by atoms with Crippen LogP contribution in [0.1, 0.15) is 0 Å². The molecule has 3 nitrogen and oxygen atoms in total. The van der Waals surface area contributed by atoms with Gasteiger partial charge in [0, 0.05) is 27.5 Å². The smallest absolute Gasteiger partial charge is 0.137 e. The fourth-order valence-electron chi connectivity index (χ4n) is 8.83. The molecule has 4 heteroatoms. The molecule has 1 aliphatic rings. The summed E-state index contributed by atoms with van der Waals surface area (Å²) in [6, 6.07) is 59.1. The van der Waals surface area contributed by atoms with Crippen molar-refractivity contribution in [1.82, 2.24) is 0 Å². The van der Waals surface area contributed by atoms with E-state index in [1.54, 1.807) is 0 Å². The van der Waals surface area contributed by atoms with E-state index in [0.29, 0.717) is 0 Å². The predicted molar refractivity (Wildman–Crippen MR) is 221 cm³/mol. The second-order valence-electron chi connectivity index (χ2n) is 14.5. The lowest BCUT2D eigenvalue weighted by atomic mass is 9.97. The van der Waals surface area contributed by atoms with Gasteiger partial charge in [0.25, 0.3) is 0 Å². The molecular formula is C48H33NO2Si. The molecule has 0 saturated heterocycles. The normalized spacial score (nSPS) is 13.3. The quantitative estimate of drug-likeness (QED) is 0.173. The lowest BCUT2D eigenvalue weighted by Crippen LogP contribution is -2.49. The van der Waals surface area contributed by atoms with Gasteiger partial charge in [-0.25, -0.2) is 0 Å². The third-order valence-electron chi connectivity index (χ3n) is 11.2. The first kappa shape index (κ1) is 29.4. The van der Waals surface area contributed by atoms with Crippen molar-refractivity contribution in [1.29, 1.82) is 0 Å². The number of furan rings is 2. The first-order valence-electron chi connectivity index (χ1n) is 17.9. The Kier molecular flexibility index (Phi) is 6.11. The van der Waals surface area contributed by atoms with E-state index >= 15 is 0 Å². The summed E-state index contributed by atoms with van der Waals surface area (Å²) in [5, 5.41) is 10.0. The highest BCUT2D eigenvalue weighted by Gasteiger charge is 2.40. The van der Waals surface area contributed by atoms with Gasteiger partial charge in [-0.15, -0.1) is 0 Å². The minimum Gasteiger partial charge on any atom is -0.456 e. The number of nitrogens with zero attached hydrogens (tertiary/aromatic N) is 1. The van der Waals surface area contributed by atoms with Crippen LogP contribution in [0.15, 0.2) is 173 Å². The van der Waals surface area contributed by atoms with Gasteiger partial charge in [0.2, 0.25) is 0 Å². The minimum atomic E-state index is -2.10. The zero-order valence-corrected chi connectivity index (χ0v) is 29.9. The van der Waals surface area contributed by atoms with Gasteiger partial charge in [-0.3, -0.25) is 0 Å². The molecule has 0 radical (unpaired) electrons. The van der Waals surface area contributed by atoms with Gasteiger partial charge in [0.05, 0.1) is 11.1 Å². The van der Waals surface area contributed by atoms with Crippen LogP contribution in [0.5, 0.6) is 0 Å². The lowest BCUT2D eigenvalue weighted by Gasteiger charge is -2.28. The maximum absolute atomic E-state index is 6.45. The predicted octanol–water partition coefficient (Wildman–Crippen LogP) is 12.6. The number of rotatable bonds is 4. The summed E-state index contributed by atoms with van der Waals surface area (Å²) in [5.74, 6) is 0. The summed E-state index contributed by atoms with van der Waals surface area (Å²) in [6.07, 6.45) is 0. The summed E-state index contributed by atoms with van der Waals surface area (Å²) in [6.45, 7) is 4.98. The summed E-state index contributed by atoms with van der Waals surface area (Å²) in [5.41, 5.74) is 12.1. The van der Waals surface area contributed by atoms with Crippen LogP contribution in [-0.4, -0.2) is 8.07 Å². The summed E-state index contributed by atoms with van der Waals surface area (Å²) in [7, 11) is -2.10. The highest BCUT2D eigenvalue weighted by molar-refractivity contribution is 7.04. The fraction of sp³-hybridized carbons (Fsp3) is 0.0417. The van der Waals surface area contributed by atoms with Gasteiger partial charge >= 0.3 is 0 Å². The molecule has 8 aromatic carbocycles. The van der Waals surface area contributed by atoms with Gasteiger partial charge < -0.3 is 13.7 Å². The summed E-state index contributed by atoms with van der Waals surface area (Å²) in [4.78, 5) is 2.44. The van der Waals surface area contributed by atoms with Crippen molar-refractivity contribution < 1.29 is 8.83 Å². The SMILES string of the molecule is C[Si]1(C)c2cc(N(c3cccc(-c4cccc5ccccc45)c3)c3cccc4oc5ccccc5c34)ccc2-c2c1ccc1oc3ccccc3c21. The zero-order valence-electron chi connectivity index (χ0n) is 28.9. The highest BCUT2D eigenvalue weighted by atomic mass is 28.3. The molecule has 246 valence electrons. The van der Waals surface area contributed by atoms with E-state index in [-0.39, 0.29) is 0 Å². The number of hydrogen-bond acceptors (Lipinski definition) is 3. The molecule has 3 heterocycles. The lowest BCUT2D eigenvalue weighted by molar-refractivity contribution is 0.668. The van der Waals surface area contributed by atoms with Crippen molar-refractivity contribution in [2.45, 2.75) is 13.1 Å². The van der Waals surface area contributed by atoms with Crippen molar-refractivity contribution in [3.8, 4) is 22.3 Å². The molecule has 0 unspecified atom stereocenters. The third kappa shape index (κ3) is 4.13. The molecule has 0 bridgehead atoms. The topological polar surface area (TPSA) is 29.5 Å². The minimum absolute atomic E-state index is 0.881. The molecule has 2 aromatic heterocycles. The Morgan fingerprint density at radius 3 is 1.90 bits per heavy atom. The molecule has 52 heavy (non-hydrogen) atoms. The Morgan fingerprint density at radius 2 is 1.08 bits per heavy atom. The number of benzene rings is 8. The maximum atomic E-state index is 6.45. The van der Waals surface area contributed by atoms with Crippen molar-refractivity contribution >= 4 is 90.2 Å². The van der Waals surface area contributed by atoms with Crippen LogP contribution < -0.4 is 15.3 Å². The van der Waals surface area contributed by atoms with Crippen LogP contribution >= 0.6 is 0 Å². The number of fused-ring (bicyclic) bond motifs is 11. The van der Waals surface area contributed by atoms with Crippen molar-refractivity contribution in [2.75, 3.05) is 4.90 Å². The molecule has 0 amide bonds. The average molecular weight is 684 g/mol. The van der Waals surface area contributed by atoms with Crippen LogP contribution in [-0.2, 0) is 0 Å². The average Bonchev–Trinajstić information content (AvgIpc) is 3.83. The Bertz CT molecular complexity index is 3070. The molecule has 10 aromatic rings. The molecule has 0 spiro atoms. The fourth-order valence-corrected chi connectivity index (χ4v) is 11.9. The van der Waals surface area contributed by atoms with E-state index in [2.05, 4.69) is 176 Å². The van der Waals surface area contributed by atoms with Gasteiger partial charge in [0.1, 0.15) is 30.4 Å². The molecule has 0 saturated carbocycles. The van der Waals surface area contributed by atoms with Gasteiger partial charge in [0.15, 0.2) is 0 Å². The van der Waals surface area contributed by atoms with Gasteiger partial charge in [-0.05, 0) is 98.0 Å². The standard InChI is InChI=1S/C48H33NO2Si/c1-52(2)44-27-26-43-47(37-18-6-8-22-41(37)51-43)48(44)38-25-24-33(29-45(38)52)49(39-20-11-23-42-46(39)36-17-5-7-21-40(36)50-42)32-15-9-14-31(28-32)35-19-10-13-30-12-3-4-16-34(30)35/h3-29H,1-2H3. The summed E-state index contributed by atoms with van der Waals surface area (Å²) >= 11 is 0. The molecule has 0 aliphatic carbocycles. The van der Waals surface area contributed by atoms with Crippen LogP contribution in [0.2, 0.25) is 13.1 Å². The molecule has 11 rings (SSSR count). The van der Waals surface area contributed by atoms with Crippen molar-refractivity contribution in [3.63, 3.8) is 0 Å². The number of para-hydroxylation sites is 2. The van der Waals surface area contributed by atoms with E-state index in [1.807, 2.05) is 6.07 Å². The van der Waals surface area contributed by atoms with Gasteiger partial charge in [-0.1, -0.05) is 122 Å². The Labute approximate surface area is 302 Å². The van der Waals surface area contributed by atoms with E-state index in [1.165, 1.54) is 54.2 Å². The second-order valence-corrected chi connectivity index (χ2v) is 18.8. The first-order chi connectivity index (χ1) is 25.5. The zero-order chi connectivity index (χ0) is 34.6. The molecular weight excluding hydrogens is 651 g/mol. The third-order valence-corrected chi connectivity index (χ3v) is 14.8. The van der Waals surface area contributed by atoms with Crippen LogP contribution in [0.3, 0.4) is 0 Å². The van der Waals surface area contributed by atoms with Crippen LogP contribution in [0, 0.1) is 0 Å². The maximum Gasteiger partial charge on any atom is 0.137 e. The molecule has 1 aliphatic heterocycles. The Hall–Kier alpha value is -6.36. The molecule has 0 fully saturated rings. The first-order valence-corrected chi connectivity index (χ1v) is 20.9.